The van der Waals surface area contributed by atoms with Crippen molar-refractivity contribution in [1.29, 1.82) is 0 Å². The molecule has 0 aromatic carbocycles. The Morgan fingerprint density at radius 2 is 1.86 bits per heavy atom. The van der Waals surface area contributed by atoms with Crippen LogP contribution in [-0.4, -0.2) is 66.5 Å². The summed E-state index contributed by atoms with van der Waals surface area (Å²) in [7, 11) is 1.68. The predicted octanol–water partition coefficient (Wildman–Crippen LogP) is 4.56. The maximum atomic E-state index is 8.06. The van der Waals surface area contributed by atoms with Crippen LogP contribution in [0.1, 0.15) is 33.5 Å². The summed E-state index contributed by atoms with van der Waals surface area (Å²) in [6, 6.07) is 1.82. The number of rotatable bonds is 6. The highest BCUT2D eigenvalue weighted by Crippen LogP contribution is 2.36. The first-order valence-corrected chi connectivity index (χ1v) is 12.7. The standard InChI is InChI=1S/C16H15Cl2N7OS.2C3H8O/c1-9(6-12-20-7-10(17)8-21-12)27-24-16-23-22-15-11-2-3-19-14(18)13(11)26-5-4-25(15)16;1-3-4-2;1-3(2)4/h2-3,7-9H,4-6H2,1H3,(H,23,24);3H2,1-2H3;3-4H,1-2H3. The van der Waals surface area contributed by atoms with Crippen molar-refractivity contribution in [3.63, 3.8) is 0 Å². The van der Waals surface area contributed by atoms with Gasteiger partial charge in [0.25, 0.3) is 0 Å². The molecular weight excluding hydrogens is 513 g/mol. The number of aliphatic hydroxyl groups is 1. The molecule has 1 aliphatic heterocycles. The first-order chi connectivity index (χ1) is 16.8. The van der Waals surface area contributed by atoms with Gasteiger partial charge in [-0.3, -0.25) is 9.29 Å². The van der Waals surface area contributed by atoms with Crippen molar-refractivity contribution >= 4 is 41.1 Å². The number of nitrogens with zero attached hydrogens (tertiary/aromatic N) is 6. The number of ether oxygens (including phenoxy) is 2. The van der Waals surface area contributed by atoms with Gasteiger partial charge in [-0.1, -0.05) is 30.1 Å². The van der Waals surface area contributed by atoms with Crippen LogP contribution in [0.4, 0.5) is 5.95 Å². The summed E-state index contributed by atoms with van der Waals surface area (Å²) in [5.41, 5.74) is 0.778. The molecule has 192 valence electrons. The van der Waals surface area contributed by atoms with Gasteiger partial charge in [0.05, 0.1) is 17.1 Å². The van der Waals surface area contributed by atoms with Crippen LogP contribution >= 0.6 is 35.1 Å². The normalized spacial score (nSPS) is 12.6. The minimum absolute atomic E-state index is 0.167. The van der Waals surface area contributed by atoms with Crippen LogP contribution in [-0.2, 0) is 17.7 Å². The van der Waals surface area contributed by atoms with Crippen molar-refractivity contribution in [2.75, 3.05) is 25.0 Å². The fourth-order valence-corrected chi connectivity index (χ4v) is 3.66. The van der Waals surface area contributed by atoms with Crippen LogP contribution in [0.2, 0.25) is 10.2 Å². The Balaban J connectivity index is 0.000000473. The van der Waals surface area contributed by atoms with E-state index in [1.807, 2.05) is 17.6 Å². The lowest BCUT2D eigenvalue weighted by Crippen LogP contribution is -2.12. The number of pyridine rings is 1. The van der Waals surface area contributed by atoms with E-state index in [0.29, 0.717) is 47.3 Å². The van der Waals surface area contributed by atoms with Crippen LogP contribution < -0.4 is 9.46 Å². The van der Waals surface area contributed by atoms with Crippen molar-refractivity contribution in [2.45, 2.75) is 52.0 Å². The van der Waals surface area contributed by atoms with Gasteiger partial charge in [-0.05, 0) is 38.8 Å². The van der Waals surface area contributed by atoms with E-state index in [9.17, 15) is 0 Å². The first-order valence-electron chi connectivity index (χ1n) is 11.0. The maximum Gasteiger partial charge on any atom is 0.235 e. The zero-order valence-electron chi connectivity index (χ0n) is 20.4. The lowest BCUT2D eigenvalue weighted by atomic mass is 10.2. The van der Waals surface area contributed by atoms with Gasteiger partial charge in [0.2, 0.25) is 5.95 Å². The molecule has 13 heteroatoms. The molecule has 0 aliphatic carbocycles. The number of hydrogen-bond donors (Lipinski definition) is 2. The van der Waals surface area contributed by atoms with Crippen molar-refractivity contribution in [2.24, 2.45) is 0 Å². The molecule has 0 bridgehead atoms. The number of aliphatic hydroxyl groups excluding tert-OH is 1. The van der Waals surface area contributed by atoms with E-state index in [-0.39, 0.29) is 11.4 Å². The molecule has 1 unspecified atom stereocenters. The largest absolute Gasteiger partial charge is 0.488 e. The van der Waals surface area contributed by atoms with E-state index in [0.717, 1.165) is 18.0 Å². The van der Waals surface area contributed by atoms with Crippen LogP contribution in [0.5, 0.6) is 5.75 Å². The molecule has 0 saturated heterocycles. The van der Waals surface area contributed by atoms with Gasteiger partial charge in [-0.2, -0.15) is 0 Å². The van der Waals surface area contributed by atoms with Crippen LogP contribution in [0.3, 0.4) is 0 Å². The second-order valence-corrected chi connectivity index (χ2v) is 9.59. The minimum Gasteiger partial charge on any atom is -0.488 e. The monoisotopic (exact) mass is 543 g/mol. The molecule has 4 heterocycles. The molecule has 4 rings (SSSR count). The molecule has 1 atom stereocenters. The fraction of sp³-hybridized carbons (Fsp3) is 0.500. The number of nitrogens with one attached hydrogen (secondary N) is 1. The summed E-state index contributed by atoms with van der Waals surface area (Å²) >= 11 is 13.5. The molecule has 35 heavy (non-hydrogen) atoms. The van der Waals surface area contributed by atoms with Crippen LogP contribution in [0.25, 0.3) is 11.4 Å². The smallest absolute Gasteiger partial charge is 0.235 e. The molecular formula is C22H31Cl2N7O3S. The third-order valence-corrected chi connectivity index (χ3v) is 5.53. The lowest BCUT2D eigenvalue weighted by molar-refractivity contribution is 0.215. The number of halogens is 2. The Labute approximate surface area is 219 Å². The highest BCUT2D eigenvalue weighted by Gasteiger charge is 2.23. The molecule has 1 aliphatic rings. The van der Waals surface area contributed by atoms with Crippen LogP contribution in [0, 0.1) is 0 Å². The fourth-order valence-electron chi connectivity index (χ4n) is 2.66. The van der Waals surface area contributed by atoms with Gasteiger partial charge in [-0.25, -0.2) is 15.0 Å². The average molecular weight is 545 g/mol. The van der Waals surface area contributed by atoms with E-state index in [2.05, 4.69) is 41.5 Å². The number of fused-ring (bicyclic) bond motifs is 3. The number of methoxy groups -OCH3 is 1. The van der Waals surface area contributed by atoms with Gasteiger partial charge in [0.15, 0.2) is 16.7 Å². The van der Waals surface area contributed by atoms with Crippen molar-refractivity contribution in [3.8, 4) is 17.1 Å². The van der Waals surface area contributed by atoms with Crippen molar-refractivity contribution < 1.29 is 14.6 Å². The molecule has 3 aromatic rings. The Morgan fingerprint density at radius 1 is 1.20 bits per heavy atom. The first kappa shape index (κ1) is 29.1. The van der Waals surface area contributed by atoms with Gasteiger partial charge < -0.3 is 14.6 Å². The summed E-state index contributed by atoms with van der Waals surface area (Å²) in [5.74, 6) is 2.63. The Morgan fingerprint density at radius 3 is 2.49 bits per heavy atom. The number of aromatic nitrogens is 6. The summed E-state index contributed by atoms with van der Waals surface area (Å²) in [5, 5.41) is 17.7. The zero-order chi connectivity index (χ0) is 25.8. The third kappa shape index (κ3) is 9.42. The van der Waals surface area contributed by atoms with Gasteiger partial charge in [-0.15, -0.1) is 10.2 Å². The van der Waals surface area contributed by atoms with E-state index in [1.54, 1.807) is 39.5 Å². The van der Waals surface area contributed by atoms with E-state index < -0.39 is 0 Å². The Kier molecular flexibility index (Phi) is 12.5. The zero-order valence-corrected chi connectivity index (χ0v) is 22.7. The molecule has 10 nitrogen and oxygen atoms in total. The Hall–Kier alpha value is -2.18. The van der Waals surface area contributed by atoms with Crippen molar-refractivity contribution in [1.82, 2.24) is 29.7 Å². The summed E-state index contributed by atoms with van der Waals surface area (Å²) in [4.78, 5) is 12.5. The summed E-state index contributed by atoms with van der Waals surface area (Å²) < 4.78 is 15.5. The van der Waals surface area contributed by atoms with Crippen molar-refractivity contribution in [3.05, 3.63) is 40.7 Å². The minimum atomic E-state index is -0.167. The summed E-state index contributed by atoms with van der Waals surface area (Å²) in [6.07, 6.45) is 5.36. The van der Waals surface area contributed by atoms with Crippen LogP contribution in [0.15, 0.2) is 24.7 Å². The quantitative estimate of drug-likeness (QED) is 0.338. The second kappa shape index (κ2) is 15.0. The molecule has 0 radical (unpaired) electrons. The highest BCUT2D eigenvalue weighted by atomic mass is 35.5. The molecule has 0 saturated carbocycles. The SMILES string of the molecule is CC(C)O.CC(Cc1ncc(Cl)cn1)SNc1nnc2n1CCOc1c-2ccnc1Cl.CCOC. The molecule has 0 fully saturated rings. The molecule has 3 aromatic heterocycles. The van der Waals surface area contributed by atoms with Gasteiger partial charge >= 0.3 is 0 Å². The molecule has 0 amide bonds. The molecule has 2 N–H and O–H groups in total. The van der Waals surface area contributed by atoms with E-state index in [1.165, 1.54) is 11.9 Å². The average Bonchev–Trinajstić information content (AvgIpc) is 3.12. The number of anilines is 1. The van der Waals surface area contributed by atoms with Gasteiger partial charge in [0.1, 0.15) is 12.4 Å². The highest BCUT2D eigenvalue weighted by molar-refractivity contribution is 8.01. The molecule has 0 spiro atoms. The summed E-state index contributed by atoms with van der Waals surface area (Å²) in [6.45, 7) is 9.36. The number of hydrogen-bond acceptors (Lipinski definition) is 10. The van der Waals surface area contributed by atoms with E-state index >= 15 is 0 Å². The van der Waals surface area contributed by atoms with Gasteiger partial charge in [0, 0.05) is 50.1 Å². The lowest BCUT2D eigenvalue weighted by Gasteiger charge is -2.12. The van der Waals surface area contributed by atoms with E-state index in [4.69, 9.17) is 33.0 Å². The second-order valence-electron chi connectivity index (χ2n) is 7.55. The predicted molar refractivity (Wildman–Crippen MR) is 140 cm³/mol. The third-order valence-electron chi connectivity index (χ3n) is 4.20. The maximum absolute atomic E-state index is 8.06. The topological polar surface area (TPSA) is 120 Å². The Bertz CT molecular complexity index is 1030.